The zero-order chi connectivity index (χ0) is 21.3. The summed E-state index contributed by atoms with van der Waals surface area (Å²) < 4.78 is 45.2. The molecule has 3 aromatic carbocycles. The van der Waals surface area contributed by atoms with Crippen LogP contribution < -0.4 is 0 Å². The Hall–Kier alpha value is -3.27. The molecule has 0 spiro atoms. The number of hydrogen-bond donors (Lipinski definition) is 0. The molecule has 1 aromatic heterocycles. The van der Waals surface area contributed by atoms with Crippen molar-refractivity contribution in [2.45, 2.75) is 25.9 Å². The highest BCUT2D eigenvalue weighted by atomic mass is 19.4. The van der Waals surface area contributed by atoms with Crippen molar-refractivity contribution in [2.75, 3.05) is 0 Å². The lowest BCUT2D eigenvalue weighted by molar-refractivity contribution is -0.137. The fraction of sp³-hybridized carbons (Fsp3) is 0.154. The minimum atomic E-state index is -4.37. The summed E-state index contributed by atoms with van der Waals surface area (Å²) in [5.41, 5.74) is 4.13. The van der Waals surface area contributed by atoms with Crippen molar-refractivity contribution in [3.63, 3.8) is 0 Å². The summed E-state index contributed by atoms with van der Waals surface area (Å²) in [6.45, 7) is 3.89. The van der Waals surface area contributed by atoms with Crippen molar-refractivity contribution in [3.8, 4) is 11.3 Å². The van der Waals surface area contributed by atoms with E-state index in [1.54, 1.807) is 0 Å². The van der Waals surface area contributed by atoms with E-state index in [1.165, 1.54) is 12.1 Å². The van der Waals surface area contributed by atoms with Gasteiger partial charge in [-0.25, -0.2) is 0 Å². The first-order valence-electron chi connectivity index (χ1n) is 9.73. The van der Waals surface area contributed by atoms with Crippen LogP contribution in [0.5, 0.6) is 0 Å². The van der Waals surface area contributed by atoms with Crippen molar-refractivity contribution >= 4 is 0 Å². The van der Waals surface area contributed by atoms with Crippen LogP contribution in [0.4, 0.5) is 13.2 Å². The predicted molar refractivity (Wildman–Crippen MR) is 112 cm³/mol. The molecule has 1 nitrogen and oxygen atoms in total. The van der Waals surface area contributed by atoms with Crippen molar-refractivity contribution in [3.05, 3.63) is 119 Å². The first-order valence-corrected chi connectivity index (χ1v) is 9.73. The molecular formula is C26H21F3O. The summed E-state index contributed by atoms with van der Waals surface area (Å²) >= 11 is 0. The molecule has 0 aliphatic heterocycles. The number of rotatable bonds is 4. The average Bonchev–Trinajstić information content (AvgIpc) is 3.04. The Morgan fingerprint density at radius 1 is 0.700 bits per heavy atom. The topological polar surface area (TPSA) is 13.1 Å². The Labute approximate surface area is 173 Å². The van der Waals surface area contributed by atoms with Gasteiger partial charge in [0.2, 0.25) is 0 Å². The van der Waals surface area contributed by atoms with Gasteiger partial charge in [-0.3, -0.25) is 0 Å². The molecule has 1 heterocycles. The summed E-state index contributed by atoms with van der Waals surface area (Å²) in [4.78, 5) is 0. The van der Waals surface area contributed by atoms with Crippen LogP contribution in [0.2, 0.25) is 0 Å². The second-order valence-electron chi connectivity index (χ2n) is 7.36. The quantitative estimate of drug-likeness (QED) is 0.337. The molecule has 0 atom stereocenters. The van der Waals surface area contributed by atoms with Gasteiger partial charge in [0, 0.05) is 17.0 Å². The zero-order valence-corrected chi connectivity index (χ0v) is 16.7. The van der Waals surface area contributed by atoms with E-state index >= 15 is 0 Å². The summed E-state index contributed by atoms with van der Waals surface area (Å²) in [5, 5.41) is 0. The van der Waals surface area contributed by atoms with E-state index in [9.17, 15) is 13.2 Å². The van der Waals surface area contributed by atoms with Gasteiger partial charge in [0.1, 0.15) is 11.5 Å². The molecule has 0 fully saturated rings. The molecule has 0 aliphatic rings. The number of benzene rings is 3. The van der Waals surface area contributed by atoms with E-state index < -0.39 is 11.7 Å². The van der Waals surface area contributed by atoms with Gasteiger partial charge in [-0.1, -0.05) is 72.8 Å². The molecule has 0 saturated heterocycles. The molecule has 0 aliphatic carbocycles. The largest absolute Gasteiger partial charge is 0.461 e. The Morgan fingerprint density at radius 2 is 1.20 bits per heavy atom. The molecule has 0 saturated carbocycles. The lowest BCUT2D eigenvalue weighted by atomic mass is 9.82. The van der Waals surface area contributed by atoms with E-state index in [0.717, 1.165) is 40.1 Å². The number of furan rings is 1. The van der Waals surface area contributed by atoms with Gasteiger partial charge in [-0.15, -0.1) is 0 Å². The molecule has 4 heteroatoms. The minimum absolute atomic E-state index is 0.0952. The SMILES string of the molecule is Cc1oc(-c2ccc(C(F)(F)F)cc2)c(C(c2ccccc2)c2ccccc2)c1C. The fourth-order valence-corrected chi connectivity index (χ4v) is 3.83. The molecule has 4 aromatic rings. The first-order chi connectivity index (χ1) is 14.4. The molecule has 0 bridgehead atoms. The zero-order valence-electron chi connectivity index (χ0n) is 16.7. The van der Waals surface area contributed by atoms with E-state index in [1.807, 2.05) is 50.2 Å². The van der Waals surface area contributed by atoms with E-state index in [-0.39, 0.29) is 5.92 Å². The molecule has 152 valence electrons. The lowest BCUT2D eigenvalue weighted by Gasteiger charge is -2.20. The highest BCUT2D eigenvalue weighted by Gasteiger charge is 2.31. The maximum atomic E-state index is 13.0. The van der Waals surface area contributed by atoms with Crippen LogP contribution in [-0.4, -0.2) is 0 Å². The van der Waals surface area contributed by atoms with Crippen LogP contribution in [0, 0.1) is 13.8 Å². The van der Waals surface area contributed by atoms with Crippen LogP contribution in [0.25, 0.3) is 11.3 Å². The number of alkyl halides is 3. The Kier molecular flexibility index (Phi) is 5.25. The van der Waals surface area contributed by atoms with E-state index in [4.69, 9.17) is 4.42 Å². The van der Waals surface area contributed by atoms with Crippen molar-refractivity contribution in [1.29, 1.82) is 0 Å². The van der Waals surface area contributed by atoms with Crippen LogP contribution in [-0.2, 0) is 6.18 Å². The van der Waals surface area contributed by atoms with Crippen LogP contribution in [0.1, 0.15) is 39.5 Å². The average molecular weight is 406 g/mol. The molecule has 0 N–H and O–H groups in total. The van der Waals surface area contributed by atoms with Gasteiger partial charge in [0.15, 0.2) is 0 Å². The highest BCUT2D eigenvalue weighted by molar-refractivity contribution is 5.68. The normalized spacial score (nSPS) is 11.8. The molecule has 30 heavy (non-hydrogen) atoms. The van der Waals surface area contributed by atoms with Crippen molar-refractivity contribution in [1.82, 2.24) is 0 Å². The maximum Gasteiger partial charge on any atom is 0.416 e. The second kappa shape index (κ2) is 7.86. The number of aryl methyl sites for hydroxylation is 1. The Bertz CT molecular complexity index is 1090. The number of halogens is 3. The molecule has 0 unspecified atom stereocenters. The highest BCUT2D eigenvalue weighted by Crippen LogP contribution is 2.43. The van der Waals surface area contributed by atoms with Crippen LogP contribution >= 0.6 is 0 Å². The summed E-state index contributed by atoms with van der Waals surface area (Å²) in [6, 6.07) is 25.3. The van der Waals surface area contributed by atoms with Crippen molar-refractivity contribution < 1.29 is 17.6 Å². The third-order valence-electron chi connectivity index (χ3n) is 5.46. The monoisotopic (exact) mass is 406 g/mol. The molecule has 0 amide bonds. The van der Waals surface area contributed by atoms with Gasteiger partial charge >= 0.3 is 6.18 Å². The second-order valence-corrected chi connectivity index (χ2v) is 7.36. The van der Waals surface area contributed by atoms with Crippen molar-refractivity contribution in [2.24, 2.45) is 0 Å². The molecule has 4 rings (SSSR count). The lowest BCUT2D eigenvalue weighted by Crippen LogP contribution is -2.06. The minimum Gasteiger partial charge on any atom is -0.461 e. The molecular weight excluding hydrogens is 385 g/mol. The van der Waals surface area contributed by atoms with Gasteiger partial charge < -0.3 is 4.42 Å². The van der Waals surface area contributed by atoms with Crippen LogP contribution in [0.3, 0.4) is 0 Å². The predicted octanol–water partition coefficient (Wildman–Crippen LogP) is 7.76. The third kappa shape index (κ3) is 3.78. The van der Waals surface area contributed by atoms with E-state index in [2.05, 4.69) is 24.3 Å². The summed E-state index contributed by atoms with van der Waals surface area (Å²) in [7, 11) is 0. The Morgan fingerprint density at radius 3 is 1.67 bits per heavy atom. The van der Waals surface area contributed by atoms with Gasteiger partial charge in [-0.05, 0) is 42.7 Å². The Balaban J connectivity index is 1.91. The smallest absolute Gasteiger partial charge is 0.416 e. The van der Waals surface area contributed by atoms with Gasteiger partial charge in [-0.2, -0.15) is 13.2 Å². The standard InChI is InChI=1S/C26H21F3O/c1-17-18(2)30-25(21-13-15-22(16-14-21)26(27,28)29)23(17)24(19-9-5-3-6-10-19)20-11-7-4-8-12-20/h3-16,24H,1-2H3. The summed E-state index contributed by atoms with van der Waals surface area (Å²) in [5.74, 6) is 1.27. The van der Waals surface area contributed by atoms with Gasteiger partial charge in [0.25, 0.3) is 0 Å². The number of hydrogen-bond acceptors (Lipinski definition) is 1. The van der Waals surface area contributed by atoms with E-state index in [0.29, 0.717) is 11.3 Å². The summed E-state index contributed by atoms with van der Waals surface area (Å²) in [6.07, 6.45) is -4.37. The first kappa shape index (κ1) is 20.0. The van der Waals surface area contributed by atoms with Crippen LogP contribution in [0.15, 0.2) is 89.3 Å². The third-order valence-corrected chi connectivity index (χ3v) is 5.46. The van der Waals surface area contributed by atoms with Gasteiger partial charge in [0.05, 0.1) is 5.56 Å². The fourth-order valence-electron chi connectivity index (χ4n) is 3.83. The maximum absolute atomic E-state index is 13.0. The molecule has 0 radical (unpaired) electrons.